The molecule has 27 heavy (non-hydrogen) atoms. The van der Waals surface area contributed by atoms with E-state index in [2.05, 4.69) is 5.32 Å². The zero-order valence-corrected chi connectivity index (χ0v) is 17.7. The van der Waals surface area contributed by atoms with E-state index in [1.165, 1.54) is 13.1 Å². The van der Waals surface area contributed by atoms with E-state index in [0.717, 1.165) is 21.7 Å². The van der Waals surface area contributed by atoms with Crippen LogP contribution >= 0.6 is 23.2 Å². The highest BCUT2D eigenvalue weighted by Gasteiger charge is 2.17. The summed E-state index contributed by atoms with van der Waals surface area (Å²) in [5.41, 5.74) is 2.01. The van der Waals surface area contributed by atoms with Crippen LogP contribution in [0.5, 0.6) is 11.5 Å². The SMILES string of the molecule is Cc1cc(Cl)cc(C)c1Oc1ccc(Cl)cc1NC(=O)CN(C)S(C)(=O)=O. The monoisotopic (exact) mass is 430 g/mol. The molecule has 2 aromatic carbocycles. The number of nitrogens with one attached hydrogen (secondary N) is 1. The van der Waals surface area contributed by atoms with E-state index in [-0.39, 0.29) is 6.54 Å². The molecule has 0 aromatic heterocycles. The highest BCUT2D eigenvalue weighted by Crippen LogP contribution is 2.36. The summed E-state index contributed by atoms with van der Waals surface area (Å²) >= 11 is 12.1. The van der Waals surface area contributed by atoms with Gasteiger partial charge in [-0.15, -0.1) is 0 Å². The van der Waals surface area contributed by atoms with E-state index < -0.39 is 15.9 Å². The van der Waals surface area contributed by atoms with Gasteiger partial charge in [-0.2, -0.15) is 4.31 Å². The average molecular weight is 431 g/mol. The first kappa shape index (κ1) is 21.5. The number of halogens is 2. The Bertz CT molecular complexity index is 954. The van der Waals surface area contributed by atoms with Gasteiger partial charge in [0.25, 0.3) is 0 Å². The number of hydrogen-bond donors (Lipinski definition) is 1. The smallest absolute Gasteiger partial charge is 0.239 e. The van der Waals surface area contributed by atoms with Crippen LogP contribution in [-0.4, -0.2) is 38.5 Å². The Hall–Kier alpha value is -1.80. The number of anilines is 1. The Morgan fingerprint density at radius 2 is 1.70 bits per heavy atom. The van der Waals surface area contributed by atoms with E-state index in [4.69, 9.17) is 27.9 Å². The van der Waals surface area contributed by atoms with Gasteiger partial charge in [0, 0.05) is 17.1 Å². The lowest BCUT2D eigenvalue weighted by Crippen LogP contribution is -2.34. The summed E-state index contributed by atoms with van der Waals surface area (Å²) in [6, 6.07) is 8.36. The average Bonchev–Trinajstić information content (AvgIpc) is 2.51. The maximum absolute atomic E-state index is 12.2. The van der Waals surface area contributed by atoms with Crippen molar-refractivity contribution in [3.05, 3.63) is 51.5 Å². The van der Waals surface area contributed by atoms with Crippen LogP contribution < -0.4 is 10.1 Å². The van der Waals surface area contributed by atoms with Gasteiger partial charge in [-0.25, -0.2) is 8.42 Å². The summed E-state index contributed by atoms with van der Waals surface area (Å²) in [6.45, 7) is 3.40. The summed E-state index contributed by atoms with van der Waals surface area (Å²) in [4.78, 5) is 12.2. The molecule has 0 bridgehead atoms. The van der Waals surface area contributed by atoms with Crippen molar-refractivity contribution in [3.8, 4) is 11.5 Å². The molecule has 1 N–H and O–H groups in total. The number of benzene rings is 2. The van der Waals surface area contributed by atoms with Gasteiger partial charge in [0.15, 0.2) is 5.75 Å². The second-order valence-corrected chi connectivity index (χ2v) is 9.14. The van der Waals surface area contributed by atoms with Crippen LogP contribution in [0.25, 0.3) is 0 Å². The normalized spacial score (nSPS) is 11.5. The minimum absolute atomic E-state index is 0.330. The number of hydrogen-bond acceptors (Lipinski definition) is 4. The number of carbonyl (C=O) groups is 1. The van der Waals surface area contributed by atoms with Gasteiger partial charge in [-0.1, -0.05) is 23.2 Å². The number of aryl methyl sites for hydroxylation is 2. The Labute approximate surface area is 169 Å². The molecule has 0 aliphatic carbocycles. The molecule has 0 spiro atoms. The standard InChI is InChI=1S/C18H20Cl2N2O4S/c1-11-7-14(20)8-12(2)18(11)26-16-6-5-13(19)9-15(16)21-17(23)10-22(3)27(4,24)25/h5-9H,10H2,1-4H3,(H,21,23). The van der Waals surface area contributed by atoms with E-state index >= 15 is 0 Å². The van der Waals surface area contributed by atoms with Crippen molar-refractivity contribution in [2.75, 3.05) is 25.2 Å². The minimum Gasteiger partial charge on any atom is -0.455 e. The van der Waals surface area contributed by atoms with Gasteiger partial charge < -0.3 is 10.1 Å². The topological polar surface area (TPSA) is 75.7 Å². The van der Waals surface area contributed by atoms with Crippen LogP contribution in [0.3, 0.4) is 0 Å². The Morgan fingerprint density at radius 3 is 2.26 bits per heavy atom. The van der Waals surface area contributed by atoms with Crippen molar-refractivity contribution < 1.29 is 17.9 Å². The molecule has 9 heteroatoms. The zero-order valence-electron chi connectivity index (χ0n) is 15.3. The largest absolute Gasteiger partial charge is 0.455 e. The zero-order chi connectivity index (χ0) is 20.4. The van der Waals surface area contributed by atoms with Gasteiger partial charge >= 0.3 is 0 Å². The molecule has 2 aromatic rings. The quantitative estimate of drug-likeness (QED) is 0.743. The van der Waals surface area contributed by atoms with Crippen molar-refractivity contribution in [1.82, 2.24) is 4.31 Å². The molecule has 0 aliphatic rings. The van der Waals surface area contributed by atoms with Gasteiger partial charge in [0.2, 0.25) is 15.9 Å². The molecular weight excluding hydrogens is 411 g/mol. The Kier molecular flexibility index (Phi) is 6.75. The second-order valence-electron chi connectivity index (χ2n) is 6.18. The molecule has 0 saturated heterocycles. The van der Waals surface area contributed by atoms with Gasteiger partial charge in [-0.05, 0) is 55.3 Å². The third kappa shape index (κ3) is 5.84. The van der Waals surface area contributed by atoms with Crippen LogP contribution in [0.4, 0.5) is 5.69 Å². The van der Waals surface area contributed by atoms with Gasteiger partial charge in [-0.3, -0.25) is 4.79 Å². The molecule has 2 rings (SSSR count). The minimum atomic E-state index is -3.47. The van der Waals surface area contributed by atoms with Crippen molar-refractivity contribution in [2.45, 2.75) is 13.8 Å². The number of carbonyl (C=O) groups excluding carboxylic acids is 1. The summed E-state index contributed by atoms with van der Waals surface area (Å²) in [5, 5.41) is 3.65. The molecule has 0 saturated carbocycles. The molecule has 0 heterocycles. The fourth-order valence-electron chi connectivity index (χ4n) is 2.37. The second kappa shape index (κ2) is 8.48. The maximum atomic E-state index is 12.2. The first-order valence-electron chi connectivity index (χ1n) is 7.92. The summed E-state index contributed by atoms with van der Waals surface area (Å²) in [7, 11) is -2.15. The lowest BCUT2D eigenvalue weighted by Gasteiger charge is -2.17. The molecule has 0 fully saturated rings. The van der Waals surface area contributed by atoms with E-state index in [1.807, 2.05) is 13.8 Å². The first-order chi connectivity index (χ1) is 12.5. The lowest BCUT2D eigenvalue weighted by atomic mass is 10.1. The Morgan fingerprint density at radius 1 is 1.11 bits per heavy atom. The summed E-state index contributed by atoms with van der Waals surface area (Å²) in [5.74, 6) is 0.480. The molecule has 6 nitrogen and oxygen atoms in total. The predicted octanol–water partition coefficient (Wildman–Crippen LogP) is 4.23. The molecule has 146 valence electrons. The molecule has 0 aliphatic heterocycles. The number of rotatable bonds is 6. The molecular formula is C18H20Cl2N2O4S. The van der Waals surface area contributed by atoms with E-state index in [0.29, 0.717) is 27.2 Å². The third-order valence-corrected chi connectivity index (χ3v) is 5.50. The molecule has 1 amide bonds. The van der Waals surface area contributed by atoms with E-state index in [1.54, 1.807) is 24.3 Å². The van der Waals surface area contributed by atoms with Gasteiger partial charge in [0.1, 0.15) is 5.75 Å². The van der Waals surface area contributed by atoms with Crippen LogP contribution in [0.15, 0.2) is 30.3 Å². The summed E-state index contributed by atoms with van der Waals surface area (Å²) < 4.78 is 29.9. The predicted molar refractivity (Wildman–Crippen MR) is 109 cm³/mol. The van der Waals surface area contributed by atoms with Crippen molar-refractivity contribution in [1.29, 1.82) is 0 Å². The number of sulfonamides is 1. The van der Waals surface area contributed by atoms with Crippen LogP contribution in [0.2, 0.25) is 10.0 Å². The van der Waals surface area contributed by atoms with Crippen molar-refractivity contribution in [3.63, 3.8) is 0 Å². The fourth-order valence-corrected chi connectivity index (χ4v) is 3.22. The van der Waals surface area contributed by atoms with Crippen LogP contribution in [0, 0.1) is 13.8 Å². The van der Waals surface area contributed by atoms with Crippen molar-refractivity contribution in [2.24, 2.45) is 0 Å². The van der Waals surface area contributed by atoms with Gasteiger partial charge in [0.05, 0.1) is 18.5 Å². The van der Waals surface area contributed by atoms with Crippen molar-refractivity contribution >= 4 is 44.8 Å². The van der Waals surface area contributed by atoms with E-state index in [9.17, 15) is 13.2 Å². The number of ether oxygens (including phenoxy) is 1. The van der Waals surface area contributed by atoms with Crippen LogP contribution in [-0.2, 0) is 14.8 Å². The lowest BCUT2D eigenvalue weighted by molar-refractivity contribution is -0.116. The Balaban J connectivity index is 2.29. The fraction of sp³-hybridized carbons (Fsp3) is 0.278. The third-order valence-electron chi connectivity index (χ3n) is 3.79. The molecule has 0 radical (unpaired) electrons. The highest BCUT2D eigenvalue weighted by molar-refractivity contribution is 7.88. The number of amides is 1. The molecule has 0 atom stereocenters. The highest BCUT2D eigenvalue weighted by atomic mass is 35.5. The first-order valence-corrected chi connectivity index (χ1v) is 10.5. The number of nitrogens with zero attached hydrogens (tertiary/aromatic N) is 1. The summed E-state index contributed by atoms with van der Waals surface area (Å²) in [6.07, 6.45) is 1.03. The maximum Gasteiger partial charge on any atom is 0.239 e. The molecule has 0 unspecified atom stereocenters. The van der Waals surface area contributed by atoms with Crippen LogP contribution in [0.1, 0.15) is 11.1 Å². The number of likely N-dealkylation sites (N-methyl/N-ethyl adjacent to an activating group) is 1.